The Morgan fingerprint density at radius 2 is 2.44 bits per heavy atom. The number of nitrogens with zero attached hydrogens (tertiary/aromatic N) is 2. The molecule has 0 spiro atoms. The third kappa shape index (κ3) is 2.44. The quantitative estimate of drug-likeness (QED) is 0.840. The molecule has 1 fully saturated rings. The molecule has 1 saturated heterocycles. The summed E-state index contributed by atoms with van der Waals surface area (Å²) in [4.78, 5) is 6.50. The highest BCUT2D eigenvalue weighted by Crippen LogP contribution is 2.21. The number of nitrogens with one attached hydrogen (secondary N) is 1. The van der Waals surface area contributed by atoms with E-state index in [0.29, 0.717) is 6.04 Å². The van der Waals surface area contributed by atoms with Crippen LogP contribution in [-0.4, -0.2) is 37.8 Å². The minimum Gasteiger partial charge on any atom is -0.384 e. The van der Waals surface area contributed by atoms with E-state index in [9.17, 15) is 0 Å². The molecule has 1 aliphatic heterocycles. The maximum atomic E-state index is 5.40. The summed E-state index contributed by atoms with van der Waals surface area (Å²) >= 11 is 0. The number of hydrogen-bond donors (Lipinski definition) is 1. The van der Waals surface area contributed by atoms with Gasteiger partial charge in [-0.15, -0.1) is 0 Å². The van der Waals surface area contributed by atoms with E-state index in [1.54, 1.807) is 0 Å². The molecule has 4 heteroatoms. The summed E-state index contributed by atoms with van der Waals surface area (Å²) in [7, 11) is 2.10. The van der Waals surface area contributed by atoms with E-state index in [2.05, 4.69) is 35.2 Å². The summed E-state index contributed by atoms with van der Waals surface area (Å²) in [6, 6.07) is 2.62. The van der Waals surface area contributed by atoms with Crippen LogP contribution in [0.4, 0.5) is 11.4 Å². The highest BCUT2D eigenvalue weighted by Gasteiger charge is 2.20. The molecule has 16 heavy (non-hydrogen) atoms. The first-order valence-electron chi connectivity index (χ1n) is 5.80. The van der Waals surface area contributed by atoms with Crippen LogP contribution in [0.15, 0.2) is 18.5 Å². The van der Waals surface area contributed by atoms with Crippen molar-refractivity contribution in [1.82, 2.24) is 4.98 Å². The maximum Gasteiger partial charge on any atom is 0.0670 e. The summed E-state index contributed by atoms with van der Waals surface area (Å²) in [6.07, 6.45) is 4.85. The number of hydrogen-bond acceptors (Lipinski definition) is 4. The molecule has 1 aromatic rings. The molecule has 1 unspecified atom stereocenters. The van der Waals surface area contributed by atoms with Crippen molar-refractivity contribution in [3.8, 4) is 0 Å². The molecule has 88 valence electrons. The summed E-state index contributed by atoms with van der Waals surface area (Å²) in [5.41, 5.74) is 2.22. The van der Waals surface area contributed by atoms with Crippen molar-refractivity contribution in [1.29, 1.82) is 0 Å². The third-order valence-electron chi connectivity index (χ3n) is 2.97. The van der Waals surface area contributed by atoms with Gasteiger partial charge in [0, 0.05) is 20.2 Å². The van der Waals surface area contributed by atoms with Crippen LogP contribution in [0.5, 0.6) is 0 Å². The van der Waals surface area contributed by atoms with Crippen molar-refractivity contribution < 1.29 is 4.74 Å². The molecule has 0 amide bonds. The van der Waals surface area contributed by atoms with Gasteiger partial charge in [-0.05, 0) is 19.4 Å². The van der Waals surface area contributed by atoms with E-state index in [0.717, 1.165) is 37.6 Å². The molecule has 0 bridgehead atoms. The summed E-state index contributed by atoms with van der Waals surface area (Å²) in [5, 5.41) is 3.27. The van der Waals surface area contributed by atoms with Crippen LogP contribution < -0.4 is 10.2 Å². The molecule has 1 aromatic heterocycles. The van der Waals surface area contributed by atoms with Crippen LogP contribution in [0.25, 0.3) is 0 Å². The molecule has 0 saturated carbocycles. The van der Waals surface area contributed by atoms with Gasteiger partial charge in [0.1, 0.15) is 0 Å². The van der Waals surface area contributed by atoms with E-state index in [4.69, 9.17) is 4.74 Å². The lowest BCUT2D eigenvalue weighted by atomic mass is 10.2. The number of ether oxygens (including phenoxy) is 1. The van der Waals surface area contributed by atoms with E-state index < -0.39 is 0 Å². The zero-order chi connectivity index (χ0) is 11.4. The van der Waals surface area contributed by atoms with E-state index in [1.807, 2.05) is 12.4 Å². The first-order chi connectivity index (χ1) is 7.81. The Balaban J connectivity index is 2.09. The Bertz CT molecular complexity index is 337. The molecule has 2 heterocycles. The number of pyridine rings is 1. The standard InChI is InChI=1S/C12H19N3O/c1-3-14-10-6-12(8-13-7-10)15(2)11-4-5-16-9-11/h6-8,11,14H,3-5,9H2,1-2H3. The van der Waals surface area contributed by atoms with Gasteiger partial charge in [0.15, 0.2) is 0 Å². The second-order valence-corrected chi connectivity index (χ2v) is 4.09. The lowest BCUT2D eigenvalue weighted by Gasteiger charge is -2.25. The van der Waals surface area contributed by atoms with E-state index >= 15 is 0 Å². The van der Waals surface area contributed by atoms with Gasteiger partial charge in [-0.2, -0.15) is 0 Å². The fourth-order valence-electron chi connectivity index (χ4n) is 1.96. The fraction of sp³-hybridized carbons (Fsp3) is 0.583. The number of anilines is 2. The highest BCUT2D eigenvalue weighted by atomic mass is 16.5. The molecule has 0 aliphatic carbocycles. The molecule has 1 aliphatic rings. The van der Waals surface area contributed by atoms with Crippen LogP contribution in [0.3, 0.4) is 0 Å². The Hall–Kier alpha value is -1.29. The maximum absolute atomic E-state index is 5.40. The fourth-order valence-corrected chi connectivity index (χ4v) is 1.96. The van der Waals surface area contributed by atoms with Crippen LogP contribution in [0.1, 0.15) is 13.3 Å². The first kappa shape index (κ1) is 11.2. The van der Waals surface area contributed by atoms with E-state index in [1.165, 1.54) is 0 Å². The molecule has 4 nitrogen and oxygen atoms in total. The highest BCUT2D eigenvalue weighted by molar-refractivity contribution is 5.55. The van der Waals surface area contributed by atoms with E-state index in [-0.39, 0.29) is 0 Å². The van der Waals surface area contributed by atoms with Crippen molar-refractivity contribution in [2.24, 2.45) is 0 Å². The Morgan fingerprint density at radius 1 is 1.56 bits per heavy atom. The Kier molecular flexibility index (Phi) is 3.62. The van der Waals surface area contributed by atoms with Crippen LogP contribution in [-0.2, 0) is 4.74 Å². The van der Waals surface area contributed by atoms with Gasteiger partial charge in [0.2, 0.25) is 0 Å². The van der Waals surface area contributed by atoms with Gasteiger partial charge in [-0.25, -0.2) is 0 Å². The molecule has 0 radical (unpaired) electrons. The number of likely N-dealkylation sites (N-methyl/N-ethyl adjacent to an activating group) is 1. The van der Waals surface area contributed by atoms with Gasteiger partial charge >= 0.3 is 0 Å². The zero-order valence-electron chi connectivity index (χ0n) is 9.94. The summed E-state index contributed by atoms with van der Waals surface area (Å²) < 4.78 is 5.40. The van der Waals surface area contributed by atoms with Gasteiger partial charge in [-0.1, -0.05) is 0 Å². The molecule has 0 aromatic carbocycles. The molecular weight excluding hydrogens is 202 g/mol. The predicted molar refractivity (Wildman–Crippen MR) is 66.0 cm³/mol. The second-order valence-electron chi connectivity index (χ2n) is 4.09. The predicted octanol–water partition coefficient (Wildman–Crippen LogP) is 1.74. The SMILES string of the molecule is CCNc1cncc(N(C)C2CCOC2)c1. The van der Waals surface area contributed by atoms with Gasteiger partial charge in [-0.3, -0.25) is 4.98 Å². The molecule has 1 atom stereocenters. The summed E-state index contributed by atoms with van der Waals surface area (Å²) in [5.74, 6) is 0. The zero-order valence-corrected chi connectivity index (χ0v) is 9.94. The molecule has 2 rings (SSSR count). The summed E-state index contributed by atoms with van der Waals surface area (Å²) in [6.45, 7) is 4.69. The van der Waals surface area contributed by atoms with Crippen LogP contribution >= 0.6 is 0 Å². The van der Waals surface area contributed by atoms with Crippen LogP contribution in [0, 0.1) is 0 Å². The van der Waals surface area contributed by atoms with Crippen molar-refractivity contribution in [2.75, 3.05) is 37.0 Å². The van der Waals surface area contributed by atoms with Gasteiger partial charge < -0.3 is 15.0 Å². The van der Waals surface area contributed by atoms with Crippen molar-refractivity contribution in [3.05, 3.63) is 18.5 Å². The Labute approximate surface area is 96.6 Å². The average Bonchev–Trinajstić information content (AvgIpc) is 2.82. The molecular formula is C12H19N3O. The van der Waals surface area contributed by atoms with Crippen molar-refractivity contribution >= 4 is 11.4 Å². The third-order valence-corrected chi connectivity index (χ3v) is 2.97. The smallest absolute Gasteiger partial charge is 0.0670 e. The second kappa shape index (κ2) is 5.16. The van der Waals surface area contributed by atoms with Gasteiger partial charge in [0.25, 0.3) is 0 Å². The lowest BCUT2D eigenvalue weighted by molar-refractivity contribution is 0.193. The minimum absolute atomic E-state index is 0.485. The van der Waals surface area contributed by atoms with Gasteiger partial charge in [0.05, 0.1) is 36.4 Å². The largest absolute Gasteiger partial charge is 0.384 e. The Morgan fingerprint density at radius 3 is 3.12 bits per heavy atom. The number of rotatable bonds is 4. The first-order valence-corrected chi connectivity index (χ1v) is 5.80. The van der Waals surface area contributed by atoms with Crippen LogP contribution in [0.2, 0.25) is 0 Å². The number of aromatic nitrogens is 1. The van der Waals surface area contributed by atoms with Crippen molar-refractivity contribution in [2.45, 2.75) is 19.4 Å². The monoisotopic (exact) mass is 221 g/mol. The average molecular weight is 221 g/mol. The molecule has 1 N–H and O–H groups in total. The minimum atomic E-state index is 0.485. The lowest BCUT2D eigenvalue weighted by Crippen LogP contribution is -2.31. The van der Waals surface area contributed by atoms with Crippen molar-refractivity contribution in [3.63, 3.8) is 0 Å². The normalized spacial score (nSPS) is 19.8. The topological polar surface area (TPSA) is 37.4 Å².